The Morgan fingerprint density at radius 2 is 1.64 bits per heavy atom. The van der Waals surface area contributed by atoms with Crippen LogP contribution in [0.5, 0.6) is 5.75 Å². The topological polar surface area (TPSA) is 41.6 Å². The summed E-state index contributed by atoms with van der Waals surface area (Å²) in [5.74, 6) is 1.04. The van der Waals surface area contributed by atoms with Gasteiger partial charge in [0.25, 0.3) is 5.91 Å². The third-order valence-electron chi connectivity index (χ3n) is 5.63. The van der Waals surface area contributed by atoms with Crippen LogP contribution in [0.1, 0.15) is 66.6 Å². The highest BCUT2D eigenvalue weighted by Crippen LogP contribution is 2.26. The number of para-hydroxylation sites is 1. The Morgan fingerprint density at radius 1 is 1.00 bits per heavy atom. The van der Waals surface area contributed by atoms with Crippen LogP contribution in [0.2, 0.25) is 0 Å². The molecule has 1 aliphatic rings. The summed E-state index contributed by atoms with van der Waals surface area (Å²) in [7, 11) is 1.60. The van der Waals surface area contributed by atoms with Crippen molar-refractivity contribution in [3.05, 3.63) is 65.2 Å². The number of carbonyl (C=O) groups excluding carboxylic acids is 1. The van der Waals surface area contributed by atoms with Gasteiger partial charge < -0.3 is 10.1 Å². The maximum absolute atomic E-state index is 12.8. The number of methoxy groups -OCH3 is 1. The number of hydrogen-bond donors (Lipinski definition) is 1. The number of nitrogens with zero attached hydrogens (tertiary/aromatic N) is 1. The third kappa shape index (κ3) is 4.93. The van der Waals surface area contributed by atoms with Gasteiger partial charge in [-0.2, -0.15) is 0 Å². The van der Waals surface area contributed by atoms with Crippen molar-refractivity contribution in [2.45, 2.75) is 45.1 Å². The number of ether oxygens (including phenoxy) is 1. The van der Waals surface area contributed by atoms with Gasteiger partial charge in [0.1, 0.15) is 5.75 Å². The minimum absolute atomic E-state index is 0.0849. The van der Waals surface area contributed by atoms with E-state index in [1.165, 1.54) is 30.4 Å². The van der Waals surface area contributed by atoms with Crippen LogP contribution in [-0.4, -0.2) is 37.6 Å². The van der Waals surface area contributed by atoms with E-state index in [0.29, 0.717) is 23.8 Å². The van der Waals surface area contributed by atoms with E-state index in [4.69, 9.17) is 4.74 Å². The fourth-order valence-corrected chi connectivity index (χ4v) is 3.91. The standard InChI is InChI=1S/C24H32N2O2/c1-18(2)19-11-13-20(14-12-19)22(26-15-7-4-8-16-26)17-25-24(27)21-9-5-6-10-23(21)28-3/h5-6,9-14,18,22H,4,7-8,15-17H2,1-3H3,(H,25,27)/t22-/m0/s1. The third-order valence-corrected chi connectivity index (χ3v) is 5.63. The SMILES string of the molecule is COc1ccccc1C(=O)NC[C@@H](c1ccc(C(C)C)cc1)N1CCCCC1. The van der Waals surface area contributed by atoms with Gasteiger partial charge in [0.15, 0.2) is 0 Å². The summed E-state index contributed by atoms with van der Waals surface area (Å²) >= 11 is 0. The first-order chi connectivity index (χ1) is 13.6. The van der Waals surface area contributed by atoms with E-state index >= 15 is 0 Å². The number of rotatable bonds is 7. The van der Waals surface area contributed by atoms with Crippen molar-refractivity contribution < 1.29 is 9.53 Å². The van der Waals surface area contributed by atoms with Gasteiger partial charge in [-0.25, -0.2) is 0 Å². The zero-order valence-corrected chi connectivity index (χ0v) is 17.3. The quantitative estimate of drug-likeness (QED) is 0.752. The molecule has 0 unspecified atom stereocenters. The molecule has 0 saturated carbocycles. The summed E-state index contributed by atoms with van der Waals surface area (Å²) < 4.78 is 5.34. The Labute approximate surface area is 168 Å². The molecule has 1 saturated heterocycles. The first-order valence-corrected chi connectivity index (χ1v) is 10.3. The molecule has 0 spiro atoms. The van der Waals surface area contributed by atoms with Crippen LogP contribution in [0.3, 0.4) is 0 Å². The Kier molecular flexibility index (Phi) is 7.10. The molecular weight excluding hydrogens is 348 g/mol. The van der Waals surface area contributed by atoms with Crippen LogP contribution < -0.4 is 10.1 Å². The van der Waals surface area contributed by atoms with Gasteiger partial charge in [0, 0.05) is 6.54 Å². The van der Waals surface area contributed by atoms with Crippen molar-refractivity contribution >= 4 is 5.91 Å². The number of hydrogen-bond acceptors (Lipinski definition) is 3. The molecule has 1 aliphatic heterocycles. The molecule has 0 aliphatic carbocycles. The molecule has 1 N–H and O–H groups in total. The molecule has 1 atom stereocenters. The number of amides is 1. The van der Waals surface area contributed by atoms with Crippen LogP contribution in [0.4, 0.5) is 0 Å². The molecule has 4 heteroatoms. The predicted molar refractivity (Wildman–Crippen MR) is 114 cm³/mol. The van der Waals surface area contributed by atoms with E-state index in [1.807, 2.05) is 24.3 Å². The van der Waals surface area contributed by atoms with Gasteiger partial charge in [-0.05, 0) is 55.1 Å². The molecular formula is C24H32N2O2. The number of benzene rings is 2. The first-order valence-electron chi connectivity index (χ1n) is 10.3. The summed E-state index contributed by atoms with van der Waals surface area (Å²) in [6.07, 6.45) is 3.74. The Hall–Kier alpha value is -2.33. The van der Waals surface area contributed by atoms with Crippen molar-refractivity contribution in [1.82, 2.24) is 10.2 Å². The molecule has 4 nitrogen and oxygen atoms in total. The highest BCUT2D eigenvalue weighted by molar-refractivity contribution is 5.96. The summed E-state index contributed by atoms with van der Waals surface area (Å²) in [6.45, 7) is 7.19. The predicted octanol–water partition coefficient (Wildman–Crippen LogP) is 4.78. The van der Waals surface area contributed by atoms with Crippen molar-refractivity contribution in [3.63, 3.8) is 0 Å². The molecule has 3 rings (SSSR count). The Bertz CT molecular complexity index is 764. The normalized spacial score (nSPS) is 16.0. The van der Waals surface area contributed by atoms with Gasteiger partial charge in [-0.1, -0.05) is 56.7 Å². The highest BCUT2D eigenvalue weighted by atomic mass is 16.5. The summed E-state index contributed by atoms with van der Waals surface area (Å²) in [4.78, 5) is 15.3. The lowest BCUT2D eigenvalue weighted by atomic mass is 9.97. The van der Waals surface area contributed by atoms with Crippen molar-refractivity contribution in [1.29, 1.82) is 0 Å². The van der Waals surface area contributed by atoms with Gasteiger partial charge in [-0.3, -0.25) is 9.69 Å². The monoisotopic (exact) mass is 380 g/mol. The lowest BCUT2D eigenvalue weighted by Crippen LogP contribution is -2.40. The first kappa shape index (κ1) is 20.4. The van der Waals surface area contributed by atoms with Crippen LogP contribution in [0.15, 0.2) is 48.5 Å². The second kappa shape index (κ2) is 9.74. The van der Waals surface area contributed by atoms with Gasteiger partial charge in [0.2, 0.25) is 0 Å². The summed E-state index contributed by atoms with van der Waals surface area (Å²) in [5.41, 5.74) is 3.20. The molecule has 150 valence electrons. The largest absolute Gasteiger partial charge is 0.496 e. The van der Waals surface area contributed by atoms with E-state index in [2.05, 4.69) is 48.3 Å². The van der Waals surface area contributed by atoms with Crippen LogP contribution in [0, 0.1) is 0 Å². The van der Waals surface area contributed by atoms with Crippen LogP contribution >= 0.6 is 0 Å². The maximum Gasteiger partial charge on any atom is 0.255 e. The second-order valence-corrected chi connectivity index (χ2v) is 7.84. The number of nitrogens with one attached hydrogen (secondary N) is 1. The number of piperidine rings is 1. The van der Waals surface area contributed by atoms with E-state index in [1.54, 1.807) is 7.11 Å². The number of carbonyl (C=O) groups is 1. The fourth-order valence-electron chi connectivity index (χ4n) is 3.91. The molecule has 1 fully saturated rings. The molecule has 2 aromatic rings. The van der Waals surface area contributed by atoms with Crippen LogP contribution in [-0.2, 0) is 0 Å². The lowest BCUT2D eigenvalue weighted by molar-refractivity contribution is 0.0921. The molecule has 28 heavy (non-hydrogen) atoms. The summed E-state index contributed by atoms with van der Waals surface area (Å²) in [6, 6.07) is 16.5. The zero-order valence-electron chi connectivity index (χ0n) is 17.3. The minimum atomic E-state index is -0.0849. The second-order valence-electron chi connectivity index (χ2n) is 7.84. The minimum Gasteiger partial charge on any atom is -0.496 e. The van der Waals surface area contributed by atoms with Gasteiger partial charge >= 0.3 is 0 Å². The number of likely N-dealkylation sites (tertiary alicyclic amines) is 1. The van der Waals surface area contributed by atoms with Crippen LogP contribution in [0.25, 0.3) is 0 Å². The van der Waals surface area contributed by atoms with Crippen molar-refractivity contribution in [2.24, 2.45) is 0 Å². The Balaban J connectivity index is 1.76. The average Bonchev–Trinajstić information content (AvgIpc) is 2.74. The maximum atomic E-state index is 12.8. The van der Waals surface area contributed by atoms with E-state index in [0.717, 1.165) is 13.1 Å². The highest BCUT2D eigenvalue weighted by Gasteiger charge is 2.23. The molecule has 1 amide bonds. The van der Waals surface area contributed by atoms with Crippen molar-refractivity contribution in [3.8, 4) is 5.75 Å². The van der Waals surface area contributed by atoms with Gasteiger partial charge in [-0.15, -0.1) is 0 Å². The zero-order chi connectivity index (χ0) is 19.9. The van der Waals surface area contributed by atoms with E-state index < -0.39 is 0 Å². The molecule has 2 aromatic carbocycles. The molecule has 0 radical (unpaired) electrons. The fraction of sp³-hybridized carbons (Fsp3) is 0.458. The lowest BCUT2D eigenvalue weighted by Gasteiger charge is -2.35. The smallest absolute Gasteiger partial charge is 0.255 e. The Morgan fingerprint density at radius 3 is 2.29 bits per heavy atom. The molecule has 0 aromatic heterocycles. The average molecular weight is 381 g/mol. The van der Waals surface area contributed by atoms with Gasteiger partial charge in [0.05, 0.1) is 18.7 Å². The molecule has 0 bridgehead atoms. The van der Waals surface area contributed by atoms with E-state index in [9.17, 15) is 4.79 Å². The summed E-state index contributed by atoms with van der Waals surface area (Å²) in [5, 5.41) is 3.15. The van der Waals surface area contributed by atoms with E-state index in [-0.39, 0.29) is 11.9 Å². The van der Waals surface area contributed by atoms with Crippen molar-refractivity contribution in [2.75, 3.05) is 26.7 Å². The molecule has 1 heterocycles.